The lowest BCUT2D eigenvalue weighted by molar-refractivity contribution is -0.136. The van der Waals surface area contributed by atoms with Gasteiger partial charge in [-0.3, -0.25) is 9.59 Å². The average molecular weight is 394 g/mol. The van der Waals surface area contributed by atoms with Gasteiger partial charge in [0.15, 0.2) is 11.5 Å². The zero-order valence-corrected chi connectivity index (χ0v) is 16.9. The van der Waals surface area contributed by atoms with E-state index < -0.39 is 0 Å². The fourth-order valence-electron chi connectivity index (χ4n) is 4.22. The summed E-state index contributed by atoms with van der Waals surface area (Å²) in [4.78, 5) is 29.2. The van der Waals surface area contributed by atoms with Crippen molar-refractivity contribution >= 4 is 11.8 Å². The van der Waals surface area contributed by atoms with Crippen LogP contribution in [0.3, 0.4) is 0 Å². The predicted octanol–water partition coefficient (Wildman–Crippen LogP) is 2.64. The van der Waals surface area contributed by atoms with Gasteiger partial charge in [0.05, 0.1) is 20.1 Å². The number of rotatable bonds is 5. The SMILES string of the molecule is COc1cc2c(cc1OC)CN(C(=O)C1CC(=O)N(Cc3ccccc3)C1)CC2. The molecule has 4 rings (SSSR count). The van der Waals surface area contributed by atoms with Crippen LogP contribution >= 0.6 is 0 Å². The van der Waals surface area contributed by atoms with Crippen LogP contribution in [0.25, 0.3) is 0 Å². The van der Waals surface area contributed by atoms with Gasteiger partial charge in [-0.05, 0) is 35.2 Å². The Morgan fingerprint density at radius 3 is 2.45 bits per heavy atom. The van der Waals surface area contributed by atoms with Crippen molar-refractivity contribution in [3.8, 4) is 11.5 Å². The number of hydrogen-bond acceptors (Lipinski definition) is 4. The topological polar surface area (TPSA) is 59.1 Å². The molecule has 29 heavy (non-hydrogen) atoms. The minimum absolute atomic E-state index is 0.0519. The lowest BCUT2D eigenvalue weighted by Crippen LogP contribution is -2.40. The van der Waals surface area contributed by atoms with Crippen LogP contribution < -0.4 is 9.47 Å². The summed E-state index contributed by atoms with van der Waals surface area (Å²) in [6.45, 7) is 2.24. The second-order valence-corrected chi connectivity index (χ2v) is 7.65. The van der Waals surface area contributed by atoms with Crippen molar-refractivity contribution < 1.29 is 19.1 Å². The van der Waals surface area contributed by atoms with Crippen molar-refractivity contribution in [1.29, 1.82) is 0 Å². The third-order valence-electron chi connectivity index (χ3n) is 5.81. The second kappa shape index (κ2) is 8.15. The molecular weight excluding hydrogens is 368 g/mol. The number of hydrogen-bond donors (Lipinski definition) is 0. The van der Waals surface area contributed by atoms with Crippen molar-refractivity contribution in [1.82, 2.24) is 9.80 Å². The summed E-state index contributed by atoms with van der Waals surface area (Å²) in [7, 11) is 3.24. The monoisotopic (exact) mass is 394 g/mol. The summed E-state index contributed by atoms with van der Waals surface area (Å²) in [6, 6.07) is 13.9. The number of carbonyl (C=O) groups excluding carboxylic acids is 2. The van der Waals surface area contributed by atoms with Crippen LogP contribution in [0.4, 0.5) is 0 Å². The number of nitrogens with zero attached hydrogens (tertiary/aromatic N) is 2. The molecule has 0 radical (unpaired) electrons. The maximum absolute atomic E-state index is 13.1. The van der Waals surface area contributed by atoms with Gasteiger partial charge in [-0.1, -0.05) is 30.3 Å². The molecule has 2 amide bonds. The van der Waals surface area contributed by atoms with E-state index in [1.165, 1.54) is 5.56 Å². The molecule has 1 atom stereocenters. The molecular formula is C23H26N2O4. The number of likely N-dealkylation sites (tertiary alicyclic amines) is 1. The molecule has 2 aliphatic rings. The fourth-order valence-corrected chi connectivity index (χ4v) is 4.22. The Morgan fingerprint density at radius 2 is 1.76 bits per heavy atom. The average Bonchev–Trinajstić information content (AvgIpc) is 3.12. The number of ether oxygens (including phenoxy) is 2. The van der Waals surface area contributed by atoms with E-state index in [1.54, 1.807) is 19.1 Å². The normalized spacial score (nSPS) is 18.6. The Morgan fingerprint density at radius 1 is 1.07 bits per heavy atom. The van der Waals surface area contributed by atoms with E-state index in [4.69, 9.17) is 9.47 Å². The molecule has 6 nitrogen and oxygen atoms in total. The summed E-state index contributed by atoms with van der Waals surface area (Å²) in [6.07, 6.45) is 1.07. The zero-order valence-electron chi connectivity index (χ0n) is 16.9. The third-order valence-corrected chi connectivity index (χ3v) is 5.81. The van der Waals surface area contributed by atoms with Gasteiger partial charge in [-0.2, -0.15) is 0 Å². The van der Waals surface area contributed by atoms with E-state index in [0.717, 1.165) is 17.5 Å². The maximum atomic E-state index is 13.1. The molecule has 1 unspecified atom stereocenters. The van der Waals surface area contributed by atoms with Crippen LogP contribution in [0.1, 0.15) is 23.1 Å². The van der Waals surface area contributed by atoms with Gasteiger partial charge >= 0.3 is 0 Å². The number of benzene rings is 2. The standard InChI is InChI=1S/C23H26N2O4/c1-28-20-10-17-8-9-24(14-18(17)11-21(20)29-2)23(27)19-12-22(26)25(15-19)13-16-6-4-3-5-7-16/h3-7,10-11,19H,8-9,12-15H2,1-2H3. The van der Waals surface area contributed by atoms with Crippen molar-refractivity contribution in [2.45, 2.75) is 25.9 Å². The molecule has 0 saturated carbocycles. The number of fused-ring (bicyclic) bond motifs is 1. The Balaban J connectivity index is 1.43. The van der Waals surface area contributed by atoms with E-state index in [2.05, 4.69) is 0 Å². The first-order chi connectivity index (χ1) is 14.1. The number of methoxy groups -OCH3 is 2. The summed E-state index contributed by atoms with van der Waals surface area (Å²) in [5.41, 5.74) is 3.34. The minimum atomic E-state index is -0.270. The molecule has 0 aromatic heterocycles. The Bertz CT molecular complexity index is 913. The van der Waals surface area contributed by atoms with Crippen molar-refractivity contribution in [3.05, 3.63) is 59.2 Å². The molecule has 2 aliphatic heterocycles. The van der Waals surface area contributed by atoms with Crippen LogP contribution in [-0.4, -0.2) is 48.9 Å². The first-order valence-corrected chi connectivity index (χ1v) is 9.93. The zero-order chi connectivity index (χ0) is 20.4. The molecule has 0 N–H and O–H groups in total. The largest absolute Gasteiger partial charge is 0.493 e. The van der Waals surface area contributed by atoms with Crippen LogP contribution in [0.5, 0.6) is 11.5 Å². The first kappa shape index (κ1) is 19.3. The lowest BCUT2D eigenvalue weighted by atomic mass is 9.97. The van der Waals surface area contributed by atoms with Crippen molar-refractivity contribution in [3.63, 3.8) is 0 Å². The molecule has 2 aromatic carbocycles. The van der Waals surface area contributed by atoms with E-state index in [0.29, 0.717) is 44.1 Å². The highest BCUT2D eigenvalue weighted by Gasteiger charge is 2.37. The summed E-state index contributed by atoms with van der Waals surface area (Å²) < 4.78 is 10.8. The Hall–Kier alpha value is -3.02. The number of amides is 2. The molecule has 0 aliphatic carbocycles. The van der Waals surface area contributed by atoms with Gasteiger partial charge < -0.3 is 19.3 Å². The molecule has 0 bridgehead atoms. The van der Waals surface area contributed by atoms with E-state index in [9.17, 15) is 9.59 Å². The smallest absolute Gasteiger partial charge is 0.228 e. The molecule has 152 valence electrons. The second-order valence-electron chi connectivity index (χ2n) is 7.65. The van der Waals surface area contributed by atoms with Crippen LogP contribution in [0.2, 0.25) is 0 Å². The molecule has 2 aromatic rings. The molecule has 2 heterocycles. The van der Waals surface area contributed by atoms with Gasteiger partial charge in [-0.25, -0.2) is 0 Å². The van der Waals surface area contributed by atoms with Gasteiger partial charge in [0.25, 0.3) is 0 Å². The van der Waals surface area contributed by atoms with Crippen LogP contribution in [0.15, 0.2) is 42.5 Å². The minimum Gasteiger partial charge on any atom is -0.493 e. The van der Waals surface area contributed by atoms with Crippen molar-refractivity contribution in [2.75, 3.05) is 27.3 Å². The summed E-state index contributed by atoms with van der Waals surface area (Å²) in [5, 5.41) is 0. The highest BCUT2D eigenvalue weighted by molar-refractivity contribution is 5.89. The Labute approximate surface area is 171 Å². The highest BCUT2D eigenvalue weighted by Crippen LogP contribution is 2.34. The van der Waals surface area contributed by atoms with E-state index in [1.807, 2.05) is 47.4 Å². The maximum Gasteiger partial charge on any atom is 0.228 e. The summed E-state index contributed by atoms with van der Waals surface area (Å²) in [5.74, 6) is 1.23. The Kier molecular flexibility index (Phi) is 5.43. The predicted molar refractivity (Wildman–Crippen MR) is 109 cm³/mol. The van der Waals surface area contributed by atoms with Gasteiger partial charge in [0, 0.05) is 32.6 Å². The first-order valence-electron chi connectivity index (χ1n) is 9.93. The third kappa shape index (κ3) is 3.92. The van der Waals surface area contributed by atoms with E-state index in [-0.39, 0.29) is 17.7 Å². The van der Waals surface area contributed by atoms with E-state index >= 15 is 0 Å². The van der Waals surface area contributed by atoms with Gasteiger partial charge in [0.1, 0.15) is 0 Å². The summed E-state index contributed by atoms with van der Waals surface area (Å²) >= 11 is 0. The van der Waals surface area contributed by atoms with Crippen molar-refractivity contribution in [2.24, 2.45) is 5.92 Å². The fraction of sp³-hybridized carbons (Fsp3) is 0.391. The molecule has 1 fully saturated rings. The van der Waals surface area contributed by atoms with Gasteiger partial charge in [0.2, 0.25) is 11.8 Å². The highest BCUT2D eigenvalue weighted by atomic mass is 16.5. The lowest BCUT2D eigenvalue weighted by Gasteiger charge is -2.31. The quantitative estimate of drug-likeness (QED) is 0.782. The van der Waals surface area contributed by atoms with Crippen LogP contribution in [-0.2, 0) is 29.1 Å². The number of carbonyl (C=O) groups is 2. The molecule has 1 saturated heterocycles. The molecule has 0 spiro atoms. The molecule has 6 heteroatoms. The van der Waals surface area contributed by atoms with Gasteiger partial charge in [-0.15, -0.1) is 0 Å². The van der Waals surface area contributed by atoms with Crippen LogP contribution in [0, 0.1) is 5.92 Å².